The first-order valence-corrected chi connectivity index (χ1v) is 3.10. The van der Waals surface area contributed by atoms with E-state index in [0.29, 0.717) is 0 Å². The van der Waals surface area contributed by atoms with Crippen LogP contribution in [0.3, 0.4) is 0 Å². The van der Waals surface area contributed by atoms with E-state index in [1.807, 2.05) is 0 Å². The topological polar surface area (TPSA) is 80.9 Å². The van der Waals surface area contributed by atoms with Gasteiger partial charge in [-0.25, -0.2) is 0 Å². The predicted molar refractivity (Wildman–Crippen MR) is 33.5 cm³/mol. The molecule has 0 aromatic heterocycles. The summed E-state index contributed by atoms with van der Waals surface area (Å²) in [5.74, 6) is -0.725. The second-order valence-electron chi connectivity index (χ2n) is 2.38. The van der Waals surface area contributed by atoms with Gasteiger partial charge in [-0.05, 0) is 6.42 Å². The SMILES string of the molecule is OC1=C(O)C(O)C(O)CC1. The molecule has 0 radical (unpaired) electrons. The first kappa shape index (κ1) is 7.37. The maximum atomic E-state index is 8.91. The van der Waals surface area contributed by atoms with Gasteiger partial charge in [0, 0.05) is 6.42 Å². The summed E-state index contributed by atoms with van der Waals surface area (Å²) in [7, 11) is 0. The minimum Gasteiger partial charge on any atom is -0.509 e. The third kappa shape index (κ3) is 1.08. The Morgan fingerprint density at radius 1 is 1.20 bits per heavy atom. The van der Waals surface area contributed by atoms with Crippen LogP contribution in [0.15, 0.2) is 11.5 Å². The summed E-state index contributed by atoms with van der Waals surface area (Å²) in [5, 5.41) is 35.5. The van der Waals surface area contributed by atoms with Crippen LogP contribution in [0.2, 0.25) is 0 Å². The molecule has 10 heavy (non-hydrogen) atoms. The smallest absolute Gasteiger partial charge is 0.161 e. The van der Waals surface area contributed by atoms with Crippen LogP contribution in [0.1, 0.15) is 12.8 Å². The fourth-order valence-electron chi connectivity index (χ4n) is 0.923. The van der Waals surface area contributed by atoms with Crippen molar-refractivity contribution >= 4 is 0 Å². The average molecular weight is 146 g/mol. The number of hydrogen-bond donors (Lipinski definition) is 4. The van der Waals surface area contributed by atoms with Gasteiger partial charge >= 0.3 is 0 Å². The molecule has 0 spiro atoms. The lowest BCUT2D eigenvalue weighted by Crippen LogP contribution is -2.32. The maximum Gasteiger partial charge on any atom is 0.161 e. The molecule has 4 nitrogen and oxygen atoms in total. The summed E-state index contributed by atoms with van der Waals surface area (Å²) in [5.41, 5.74) is 0. The Bertz CT molecular complexity index is 163. The molecule has 4 heteroatoms. The third-order valence-corrected chi connectivity index (χ3v) is 1.62. The summed E-state index contributed by atoms with van der Waals surface area (Å²) in [6.07, 6.45) is -1.74. The zero-order valence-electron chi connectivity index (χ0n) is 5.36. The monoisotopic (exact) mass is 146 g/mol. The molecule has 0 saturated heterocycles. The lowest BCUT2D eigenvalue weighted by Gasteiger charge is -2.22. The van der Waals surface area contributed by atoms with E-state index in [4.69, 9.17) is 20.4 Å². The van der Waals surface area contributed by atoms with Crippen molar-refractivity contribution < 1.29 is 20.4 Å². The molecule has 1 aliphatic carbocycles. The van der Waals surface area contributed by atoms with Crippen LogP contribution in [0, 0.1) is 0 Å². The molecule has 1 aliphatic rings. The van der Waals surface area contributed by atoms with Crippen molar-refractivity contribution in [1.82, 2.24) is 0 Å². The van der Waals surface area contributed by atoms with Gasteiger partial charge in [-0.15, -0.1) is 0 Å². The van der Waals surface area contributed by atoms with E-state index in [2.05, 4.69) is 0 Å². The predicted octanol–water partition coefficient (Wildman–Crippen LogP) is -0.170. The maximum absolute atomic E-state index is 8.91. The van der Waals surface area contributed by atoms with Gasteiger partial charge in [0.25, 0.3) is 0 Å². The summed E-state index contributed by atoms with van der Waals surface area (Å²) in [6.45, 7) is 0. The largest absolute Gasteiger partial charge is 0.509 e. The molecule has 0 fully saturated rings. The van der Waals surface area contributed by atoms with Crippen LogP contribution in [0.25, 0.3) is 0 Å². The van der Waals surface area contributed by atoms with E-state index in [1.54, 1.807) is 0 Å². The first-order valence-electron chi connectivity index (χ1n) is 3.10. The fourth-order valence-corrected chi connectivity index (χ4v) is 0.923. The Morgan fingerprint density at radius 3 is 2.30 bits per heavy atom. The molecule has 0 saturated carbocycles. The Labute approximate surface area is 58.0 Å². The van der Waals surface area contributed by atoms with Crippen molar-refractivity contribution in [3.63, 3.8) is 0 Å². The summed E-state index contributed by atoms with van der Waals surface area (Å²) in [4.78, 5) is 0. The van der Waals surface area contributed by atoms with Gasteiger partial charge in [0.05, 0.1) is 6.10 Å². The van der Waals surface area contributed by atoms with E-state index >= 15 is 0 Å². The van der Waals surface area contributed by atoms with Crippen LogP contribution in [-0.4, -0.2) is 32.6 Å². The van der Waals surface area contributed by atoms with Crippen LogP contribution in [0.4, 0.5) is 0 Å². The van der Waals surface area contributed by atoms with E-state index in [0.717, 1.165) is 0 Å². The highest BCUT2D eigenvalue weighted by Gasteiger charge is 2.28. The van der Waals surface area contributed by atoms with Gasteiger partial charge in [0.15, 0.2) is 5.76 Å². The second-order valence-corrected chi connectivity index (χ2v) is 2.38. The highest BCUT2D eigenvalue weighted by atomic mass is 16.4. The molecule has 0 heterocycles. The fraction of sp³-hybridized carbons (Fsp3) is 0.667. The summed E-state index contributed by atoms with van der Waals surface area (Å²) >= 11 is 0. The first-order chi connectivity index (χ1) is 4.63. The van der Waals surface area contributed by atoms with Crippen LogP contribution < -0.4 is 0 Å². The molecule has 2 atom stereocenters. The molecule has 4 N–H and O–H groups in total. The quantitative estimate of drug-likeness (QED) is 0.382. The van der Waals surface area contributed by atoms with Crippen molar-refractivity contribution in [1.29, 1.82) is 0 Å². The Morgan fingerprint density at radius 2 is 1.80 bits per heavy atom. The number of aliphatic hydroxyl groups excluding tert-OH is 4. The summed E-state index contributed by atoms with van der Waals surface area (Å²) < 4.78 is 0. The van der Waals surface area contributed by atoms with Crippen LogP contribution >= 0.6 is 0 Å². The zero-order valence-corrected chi connectivity index (χ0v) is 5.36. The van der Waals surface area contributed by atoms with E-state index in [9.17, 15) is 0 Å². The Hall–Kier alpha value is -0.740. The van der Waals surface area contributed by atoms with Gasteiger partial charge in [-0.2, -0.15) is 0 Å². The Balaban J connectivity index is 2.77. The van der Waals surface area contributed by atoms with Gasteiger partial charge in [0.2, 0.25) is 0 Å². The van der Waals surface area contributed by atoms with Crippen molar-refractivity contribution in [3.8, 4) is 0 Å². The number of allylic oxidation sites excluding steroid dienone is 1. The number of hydrogen-bond acceptors (Lipinski definition) is 4. The van der Waals surface area contributed by atoms with E-state index < -0.39 is 18.0 Å². The highest BCUT2D eigenvalue weighted by molar-refractivity contribution is 5.10. The molecular formula is C6H10O4. The van der Waals surface area contributed by atoms with Crippen LogP contribution in [-0.2, 0) is 0 Å². The van der Waals surface area contributed by atoms with Crippen molar-refractivity contribution in [3.05, 3.63) is 11.5 Å². The minimum absolute atomic E-state index is 0.224. The van der Waals surface area contributed by atoms with Gasteiger partial charge in [-0.3, -0.25) is 0 Å². The van der Waals surface area contributed by atoms with Crippen molar-refractivity contribution in [2.75, 3.05) is 0 Å². The third-order valence-electron chi connectivity index (χ3n) is 1.62. The minimum atomic E-state index is -1.31. The zero-order chi connectivity index (χ0) is 7.72. The molecular weight excluding hydrogens is 136 g/mol. The molecule has 0 aromatic rings. The van der Waals surface area contributed by atoms with Crippen molar-refractivity contribution in [2.24, 2.45) is 0 Å². The molecule has 1 rings (SSSR count). The molecule has 0 aromatic carbocycles. The standard InChI is InChI=1S/C6H10O4/c7-3-1-2-4(8)6(10)5(3)9/h3,5,7-10H,1-2H2. The van der Waals surface area contributed by atoms with Gasteiger partial charge in [-0.1, -0.05) is 0 Å². The molecule has 0 bridgehead atoms. The molecule has 2 unspecified atom stereocenters. The van der Waals surface area contributed by atoms with Gasteiger partial charge in [0.1, 0.15) is 11.9 Å². The normalized spacial score (nSPS) is 34.6. The van der Waals surface area contributed by atoms with Crippen molar-refractivity contribution in [2.45, 2.75) is 25.0 Å². The highest BCUT2D eigenvalue weighted by Crippen LogP contribution is 2.21. The molecule has 0 aliphatic heterocycles. The Kier molecular flexibility index (Phi) is 1.82. The average Bonchev–Trinajstić information content (AvgIpc) is 1.93. The van der Waals surface area contributed by atoms with Crippen LogP contribution in [0.5, 0.6) is 0 Å². The second kappa shape index (κ2) is 2.48. The summed E-state index contributed by atoms with van der Waals surface area (Å²) in [6, 6.07) is 0. The van der Waals surface area contributed by atoms with Gasteiger partial charge < -0.3 is 20.4 Å². The van der Waals surface area contributed by atoms with E-state index in [1.165, 1.54) is 0 Å². The molecule has 58 valence electrons. The number of rotatable bonds is 0. The lowest BCUT2D eigenvalue weighted by atomic mass is 9.99. The lowest BCUT2D eigenvalue weighted by molar-refractivity contribution is -0.00410. The van der Waals surface area contributed by atoms with E-state index in [-0.39, 0.29) is 18.6 Å². The number of aliphatic hydroxyl groups is 4. The molecule has 0 amide bonds.